The topological polar surface area (TPSA) is 41.5 Å². The van der Waals surface area contributed by atoms with E-state index in [0.717, 1.165) is 34.6 Å². The van der Waals surface area contributed by atoms with Crippen LogP contribution in [0.4, 0.5) is 0 Å². The fraction of sp³-hybridized carbons (Fsp3) is 0.294. The van der Waals surface area contributed by atoms with Crippen LogP contribution in [0.5, 0.6) is 11.5 Å². The molecule has 0 bridgehead atoms. The summed E-state index contributed by atoms with van der Waals surface area (Å²) in [6.07, 6.45) is 0.590. The molecule has 21 heavy (non-hydrogen) atoms. The molecule has 0 saturated heterocycles. The fourth-order valence-electron chi connectivity index (χ4n) is 2.06. The first kappa shape index (κ1) is 16.0. The maximum absolute atomic E-state index is 9.11. The van der Waals surface area contributed by atoms with E-state index in [4.69, 9.17) is 9.84 Å². The van der Waals surface area contributed by atoms with Gasteiger partial charge in [-0.25, -0.2) is 0 Å². The molecule has 0 saturated carbocycles. The minimum Gasteiger partial charge on any atom is -0.456 e. The van der Waals surface area contributed by atoms with Crippen molar-refractivity contribution in [1.82, 2.24) is 5.32 Å². The Morgan fingerprint density at radius 3 is 2.67 bits per heavy atom. The van der Waals surface area contributed by atoms with E-state index in [-0.39, 0.29) is 6.61 Å². The van der Waals surface area contributed by atoms with Gasteiger partial charge in [0.05, 0.1) is 4.47 Å². The van der Waals surface area contributed by atoms with Crippen LogP contribution in [0.25, 0.3) is 0 Å². The zero-order valence-electron chi connectivity index (χ0n) is 12.1. The molecular weight excluding hydrogens is 330 g/mol. The van der Waals surface area contributed by atoms with E-state index in [9.17, 15) is 0 Å². The number of halogens is 1. The molecule has 0 heterocycles. The highest BCUT2D eigenvalue weighted by atomic mass is 79.9. The summed E-state index contributed by atoms with van der Waals surface area (Å²) in [5.74, 6) is 1.56. The van der Waals surface area contributed by atoms with Gasteiger partial charge in [-0.3, -0.25) is 0 Å². The molecular formula is C17H20BrNO2. The molecule has 3 nitrogen and oxygen atoms in total. The average Bonchev–Trinajstić information content (AvgIpc) is 2.49. The lowest BCUT2D eigenvalue weighted by Gasteiger charge is -2.12. The van der Waals surface area contributed by atoms with Gasteiger partial charge in [-0.2, -0.15) is 0 Å². The molecule has 0 fully saturated rings. The number of benzene rings is 2. The number of aliphatic hydroxyl groups excluding tert-OH is 1. The van der Waals surface area contributed by atoms with Crippen LogP contribution in [0, 0.1) is 0 Å². The summed E-state index contributed by atoms with van der Waals surface area (Å²) in [7, 11) is 0. The maximum Gasteiger partial charge on any atom is 0.141 e. The van der Waals surface area contributed by atoms with Crippen molar-refractivity contribution >= 4 is 15.9 Å². The molecule has 2 N–H and O–H groups in total. The van der Waals surface area contributed by atoms with E-state index in [0.29, 0.717) is 6.42 Å². The molecule has 4 heteroatoms. The maximum atomic E-state index is 9.11. The Labute approximate surface area is 134 Å². The molecule has 112 valence electrons. The highest BCUT2D eigenvalue weighted by molar-refractivity contribution is 9.10. The Morgan fingerprint density at radius 1 is 1.14 bits per heavy atom. The first-order chi connectivity index (χ1) is 10.2. The Bertz CT molecular complexity index is 587. The molecule has 2 aromatic carbocycles. The molecule has 2 aromatic rings. The molecule has 2 rings (SSSR count). The number of nitrogens with one attached hydrogen (secondary N) is 1. The normalized spacial score (nSPS) is 10.6. The third kappa shape index (κ3) is 4.56. The molecule has 0 aliphatic carbocycles. The third-order valence-corrected chi connectivity index (χ3v) is 3.77. The van der Waals surface area contributed by atoms with Crippen molar-refractivity contribution in [3.8, 4) is 11.5 Å². The minimum absolute atomic E-state index is 0.114. The van der Waals surface area contributed by atoms with Gasteiger partial charge in [0, 0.05) is 13.2 Å². The lowest BCUT2D eigenvalue weighted by Crippen LogP contribution is -2.11. The predicted octanol–water partition coefficient (Wildman–Crippen LogP) is 3.89. The minimum atomic E-state index is 0.114. The van der Waals surface area contributed by atoms with E-state index in [1.165, 1.54) is 5.56 Å². The average molecular weight is 350 g/mol. The second-order valence-corrected chi connectivity index (χ2v) is 5.58. The molecule has 0 radical (unpaired) electrons. The summed E-state index contributed by atoms with van der Waals surface area (Å²) in [6.45, 7) is 3.99. The number of hydrogen-bond acceptors (Lipinski definition) is 3. The number of rotatable bonds is 7. The summed E-state index contributed by atoms with van der Waals surface area (Å²) in [4.78, 5) is 0. The monoisotopic (exact) mass is 349 g/mol. The van der Waals surface area contributed by atoms with Crippen LogP contribution in [-0.4, -0.2) is 18.3 Å². The molecule has 0 amide bonds. The second kappa shape index (κ2) is 8.17. The summed E-state index contributed by atoms with van der Waals surface area (Å²) in [5, 5.41) is 12.4. The first-order valence-corrected chi connectivity index (χ1v) is 7.89. The zero-order chi connectivity index (χ0) is 15.1. The quantitative estimate of drug-likeness (QED) is 0.796. The van der Waals surface area contributed by atoms with Crippen molar-refractivity contribution in [2.24, 2.45) is 0 Å². The second-order valence-electron chi connectivity index (χ2n) is 4.73. The van der Waals surface area contributed by atoms with Gasteiger partial charge in [-0.15, -0.1) is 0 Å². The number of aliphatic hydroxyl groups is 1. The lowest BCUT2D eigenvalue weighted by atomic mass is 10.1. The van der Waals surface area contributed by atoms with E-state index < -0.39 is 0 Å². The van der Waals surface area contributed by atoms with Gasteiger partial charge < -0.3 is 15.2 Å². The van der Waals surface area contributed by atoms with Crippen LogP contribution < -0.4 is 10.1 Å². The van der Waals surface area contributed by atoms with Crippen molar-refractivity contribution in [3.05, 3.63) is 58.1 Å². The molecule has 0 atom stereocenters. The van der Waals surface area contributed by atoms with Crippen molar-refractivity contribution in [2.75, 3.05) is 13.2 Å². The SMILES string of the molecule is CCNCc1ccc(Oc2ccccc2CCO)c(Br)c1. The predicted molar refractivity (Wildman–Crippen MR) is 88.8 cm³/mol. The fourth-order valence-corrected chi connectivity index (χ4v) is 2.56. The smallest absolute Gasteiger partial charge is 0.141 e. The summed E-state index contributed by atoms with van der Waals surface area (Å²) < 4.78 is 6.90. The van der Waals surface area contributed by atoms with Gasteiger partial charge in [0.25, 0.3) is 0 Å². The summed E-state index contributed by atoms with van der Waals surface area (Å²) in [6, 6.07) is 13.9. The Morgan fingerprint density at radius 2 is 1.95 bits per heavy atom. The molecule has 0 spiro atoms. The van der Waals surface area contributed by atoms with Gasteiger partial charge in [0.15, 0.2) is 0 Å². The van der Waals surface area contributed by atoms with Gasteiger partial charge in [-0.1, -0.05) is 31.2 Å². The van der Waals surface area contributed by atoms with Gasteiger partial charge >= 0.3 is 0 Å². The molecule has 0 aromatic heterocycles. The summed E-state index contributed by atoms with van der Waals surface area (Å²) >= 11 is 3.56. The van der Waals surface area contributed by atoms with Crippen molar-refractivity contribution < 1.29 is 9.84 Å². The van der Waals surface area contributed by atoms with Crippen molar-refractivity contribution in [3.63, 3.8) is 0 Å². The van der Waals surface area contributed by atoms with Crippen LogP contribution >= 0.6 is 15.9 Å². The van der Waals surface area contributed by atoms with E-state index in [2.05, 4.69) is 40.3 Å². The van der Waals surface area contributed by atoms with Crippen LogP contribution in [0.1, 0.15) is 18.1 Å². The Balaban J connectivity index is 2.16. The molecule has 0 aliphatic rings. The van der Waals surface area contributed by atoms with Crippen molar-refractivity contribution in [2.45, 2.75) is 19.9 Å². The largest absolute Gasteiger partial charge is 0.456 e. The highest BCUT2D eigenvalue weighted by Gasteiger charge is 2.07. The van der Waals surface area contributed by atoms with Crippen LogP contribution in [0.2, 0.25) is 0 Å². The number of para-hydroxylation sites is 1. The highest BCUT2D eigenvalue weighted by Crippen LogP contribution is 2.32. The molecule has 0 unspecified atom stereocenters. The number of ether oxygens (including phenoxy) is 1. The summed E-state index contributed by atoms with van der Waals surface area (Å²) in [5.41, 5.74) is 2.21. The van der Waals surface area contributed by atoms with E-state index in [1.807, 2.05) is 30.3 Å². The van der Waals surface area contributed by atoms with Crippen LogP contribution in [-0.2, 0) is 13.0 Å². The first-order valence-electron chi connectivity index (χ1n) is 7.10. The van der Waals surface area contributed by atoms with Gasteiger partial charge in [-0.05, 0) is 58.2 Å². The number of hydrogen-bond donors (Lipinski definition) is 2. The standard InChI is InChI=1S/C17H20BrNO2/c1-2-19-12-13-7-8-17(15(18)11-13)21-16-6-4-3-5-14(16)9-10-20/h3-8,11,19-20H,2,9-10,12H2,1H3. The Hall–Kier alpha value is -1.36. The Kier molecular flexibility index (Phi) is 6.23. The third-order valence-electron chi connectivity index (χ3n) is 3.15. The van der Waals surface area contributed by atoms with Gasteiger partial charge in [0.1, 0.15) is 11.5 Å². The lowest BCUT2D eigenvalue weighted by molar-refractivity contribution is 0.298. The van der Waals surface area contributed by atoms with Crippen molar-refractivity contribution in [1.29, 1.82) is 0 Å². The van der Waals surface area contributed by atoms with Crippen LogP contribution in [0.3, 0.4) is 0 Å². The zero-order valence-corrected chi connectivity index (χ0v) is 13.7. The molecule has 0 aliphatic heterocycles. The van der Waals surface area contributed by atoms with E-state index in [1.54, 1.807) is 0 Å². The van der Waals surface area contributed by atoms with Gasteiger partial charge in [0.2, 0.25) is 0 Å². The van der Waals surface area contributed by atoms with Crippen LogP contribution in [0.15, 0.2) is 46.9 Å². The van der Waals surface area contributed by atoms with E-state index >= 15 is 0 Å².